The van der Waals surface area contributed by atoms with Crippen LogP contribution in [0.1, 0.15) is 30.9 Å². The third-order valence-corrected chi connectivity index (χ3v) is 7.63. The van der Waals surface area contributed by atoms with E-state index in [2.05, 4.69) is 26.3 Å². The molecule has 0 bridgehead atoms. The molecule has 0 fully saturated rings. The molecule has 0 saturated heterocycles. The first-order valence-electron chi connectivity index (χ1n) is 14.3. The number of amides is 5. The number of nitrogens with two attached hydrogens (primary N) is 1. The number of carboxylic acid groups (broad SMARTS) is 1. The first kappa shape index (κ1) is 34.6. The zero-order chi connectivity index (χ0) is 32.9. The van der Waals surface area contributed by atoms with Crippen LogP contribution in [-0.4, -0.2) is 81.8 Å². The summed E-state index contributed by atoms with van der Waals surface area (Å²) in [6.07, 6.45) is 3.09. The lowest BCUT2D eigenvalue weighted by molar-refractivity contribution is -0.141. The quantitative estimate of drug-likeness (QED) is 0.111. The summed E-state index contributed by atoms with van der Waals surface area (Å²) in [5.41, 5.74) is 7.96. The van der Waals surface area contributed by atoms with E-state index in [9.17, 15) is 33.9 Å². The van der Waals surface area contributed by atoms with E-state index >= 15 is 0 Å². The van der Waals surface area contributed by atoms with Crippen molar-refractivity contribution in [2.45, 2.75) is 56.8 Å². The van der Waals surface area contributed by atoms with Crippen LogP contribution in [0, 0.1) is 0 Å². The summed E-state index contributed by atoms with van der Waals surface area (Å²) in [5.74, 6) is -4.57. The predicted molar refractivity (Wildman–Crippen MR) is 170 cm³/mol. The molecule has 0 saturated carbocycles. The fraction of sp³-hybridized carbons (Fsp3) is 0.355. The molecule has 1 heterocycles. The third kappa shape index (κ3) is 10.7. The Labute approximate surface area is 264 Å². The lowest BCUT2D eigenvalue weighted by Crippen LogP contribution is -2.58. The highest BCUT2D eigenvalue weighted by Crippen LogP contribution is 2.19. The van der Waals surface area contributed by atoms with E-state index in [1.165, 1.54) is 18.7 Å². The number of aliphatic carboxylic acids is 1. The number of nitrogens with one attached hydrogen (secondary N) is 5. The summed E-state index contributed by atoms with van der Waals surface area (Å²) in [4.78, 5) is 78.9. The van der Waals surface area contributed by atoms with Gasteiger partial charge in [0.1, 0.15) is 24.2 Å². The molecule has 2 aromatic carbocycles. The van der Waals surface area contributed by atoms with Gasteiger partial charge in [-0.3, -0.25) is 28.8 Å². The molecule has 0 aliphatic heterocycles. The van der Waals surface area contributed by atoms with Gasteiger partial charge in [-0.15, -0.1) is 0 Å². The normalized spacial score (nSPS) is 13.6. The number of benzene rings is 2. The number of rotatable bonds is 17. The molecule has 4 atom stereocenters. The minimum absolute atomic E-state index is 0.0946. The number of hydrogen-bond acceptors (Lipinski definition) is 7. The van der Waals surface area contributed by atoms with E-state index in [-0.39, 0.29) is 19.3 Å². The SMILES string of the molecule is CSCC[C@H](NC(=O)[C@@H](CC(=O)O)NC(=O)[C@H](Cc1ccccc1)NC(C)=O)C(=O)N[C@@H](Cc1c[nH]c2ccccc12)C(N)=O. The van der Waals surface area contributed by atoms with Gasteiger partial charge in [-0.05, 0) is 35.6 Å². The molecule has 1 aromatic heterocycles. The second-order valence-corrected chi connectivity index (χ2v) is 11.5. The number of para-hydroxylation sites is 1. The van der Waals surface area contributed by atoms with Crippen LogP contribution in [0.3, 0.4) is 0 Å². The highest BCUT2D eigenvalue weighted by atomic mass is 32.2. The highest BCUT2D eigenvalue weighted by molar-refractivity contribution is 7.98. The van der Waals surface area contributed by atoms with Gasteiger partial charge in [-0.25, -0.2) is 0 Å². The highest BCUT2D eigenvalue weighted by Gasteiger charge is 2.32. The lowest BCUT2D eigenvalue weighted by Gasteiger charge is -2.25. The van der Waals surface area contributed by atoms with Crippen LogP contribution in [0.4, 0.5) is 0 Å². The molecule has 0 unspecified atom stereocenters. The molecule has 0 aliphatic carbocycles. The number of carbonyl (C=O) groups is 6. The summed E-state index contributed by atoms with van der Waals surface area (Å²) < 4.78 is 0. The van der Waals surface area contributed by atoms with Crippen molar-refractivity contribution >= 4 is 58.2 Å². The van der Waals surface area contributed by atoms with Crippen LogP contribution < -0.4 is 27.0 Å². The van der Waals surface area contributed by atoms with Crippen LogP contribution >= 0.6 is 11.8 Å². The van der Waals surface area contributed by atoms with Crippen LogP contribution in [0.15, 0.2) is 60.8 Å². The number of primary amides is 1. The molecular formula is C31H38N6O7S. The van der Waals surface area contributed by atoms with Gasteiger partial charge in [0.2, 0.25) is 29.5 Å². The molecule has 3 rings (SSSR count). The number of aromatic amines is 1. The molecule has 0 aliphatic rings. The standard InChI is InChI=1S/C31H38N6O7S/c1-18(38)34-25(14-19-8-4-3-5-9-19)30(43)37-26(16-27(39)40)31(44)35-23(12-13-45-2)29(42)36-24(28(32)41)15-20-17-33-22-11-7-6-10-21(20)22/h3-11,17,23-26,33H,12-16H2,1-2H3,(H2,32,41)(H,34,38)(H,35,44)(H,36,42)(H,37,43)(H,39,40)/t23-,24-,25-,26+/m0/s1. The van der Waals surface area contributed by atoms with E-state index in [1.807, 2.05) is 30.5 Å². The Bertz CT molecular complexity index is 1510. The molecule has 14 heteroatoms. The number of thioether (sulfide) groups is 1. The number of H-pyrrole nitrogens is 1. The van der Waals surface area contributed by atoms with Gasteiger partial charge in [-0.1, -0.05) is 48.5 Å². The van der Waals surface area contributed by atoms with Crippen molar-refractivity contribution in [3.8, 4) is 0 Å². The molecular weight excluding hydrogens is 600 g/mol. The minimum Gasteiger partial charge on any atom is -0.481 e. The Hall–Kier alpha value is -4.85. The maximum absolute atomic E-state index is 13.4. The van der Waals surface area contributed by atoms with Gasteiger partial charge in [0.15, 0.2) is 0 Å². The van der Waals surface area contributed by atoms with Crippen LogP contribution in [0.25, 0.3) is 10.9 Å². The van der Waals surface area contributed by atoms with Crippen molar-refractivity contribution in [3.63, 3.8) is 0 Å². The second-order valence-electron chi connectivity index (χ2n) is 10.5. The monoisotopic (exact) mass is 638 g/mol. The van der Waals surface area contributed by atoms with E-state index in [4.69, 9.17) is 5.73 Å². The Balaban J connectivity index is 1.75. The summed E-state index contributed by atoms with van der Waals surface area (Å²) in [6.45, 7) is 1.24. The smallest absolute Gasteiger partial charge is 0.305 e. The van der Waals surface area contributed by atoms with Gasteiger partial charge in [0.05, 0.1) is 6.42 Å². The average molecular weight is 639 g/mol. The molecule has 8 N–H and O–H groups in total. The van der Waals surface area contributed by atoms with E-state index in [0.29, 0.717) is 5.75 Å². The minimum atomic E-state index is -1.57. The number of hydrogen-bond donors (Lipinski definition) is 7. The fourth-order valence-electron chi connectivity index (χ4n) is 4.75. The van der Waals surface area contributed by atoms with Crippen molar-refractivity contribution in [1.82, 2.24) is 26.3 Å². The largest absolute Gasteiger partial charge is 0.481 e. The van der Waals surface area contributed by atoms with Crippen molar-refractivity contribution in [2.24, 2.45) is 5.73 Å². The number of carboxylic acids is 1. The van der Waals surface area contributed by atoms with E-state index in [0.717, 1.165) is 22.0 Å². The lowest BCUT2D eigenvalue weighted by atomic mass is 10.0. The van der Waals surface area contributed by atoms with Crippen molar-refractivity contribution in [2.75, 3.05) is 12.0 Å². The third-order valence-electron chi connectivity index (χ3n) is 6.99. The summed E-state index contributed by atoms with van der Waals surface area (Å²) in [5, 5.41) is 20.5. The number of fused-ring (bicyclic) bond motifs is 1. The molecule has 5 amide bonds. The molecule has 3 aromatic rings. The van der Waals surface area contributed by atoms with Crippen molar-refractivity contribution < 1.29 is 33.9 Å². The van der Waals surface area contributed by atoms with Crippen LogP contribution in [0.5, 0.6) is 0 Å². The summed E-state index contributed by atoms with van der Waals surface area (Å²) in [7, 11) is 0. The van der Waals surface area contributed by atoms with E-state index in [1.54, 1.807) is 36.5 Å². The first-order valence-corrected chi connectivity index (χ1v) is 15.6. The maximum atomic E-state index is 13.4. The zero-order valence-corrected chi connectivity index (χ0v) is 25.8. The molecule has 0 spiro atoms. The molecule has 45 heavy (non-hydrogen) atoms. The Kier molecular flexibility index (Phi) is 13.0. The predicted octanol–water partition coefficient (Wildman–Crippen LogP) is 0.625. The number of carbonyl (C=O) groups excluding carboxylic acids is 5. The fourth-order valence-corrected chi connectivity index (χ4v) is 5.22. The van der Waals surface area contributed by atoms with Crippen molar-refractivity contribution in [1.29, 1.82) is 0 Å². The Morgan fingerprint density at radius 2 is 1.40 bits per heavy atom. The van der Waals surface area contributed by atoms with Gasteiger partial charge in [0.25, 0.3) is 0 Å². The Morgan fingerprint density at radius 1 is 0.800 bits per heavy atom. The molecule has 240 valence electrons. The maximum Gasteiger partial charge on any atom is 0.305 e. The van der Waals surface area contributed by atoms with Crippen LogP contribution in [0.2, 0.25) is 0 Å². The van der Waals surface area contributed by atoms with Gasteiger partial charge < -0.3 is 37.1 Å². The summed E-state index contributed by atoms with van der Waals surface area (Å²) >= 11 is 1.41. The van der Waals surface area contributed by atoms with Crippen molar-refractivity contribution in [3.05, 3.63) is 71.9 Å². The van der Waals surface area contributed by atoms with Gasteiger partial charge in [0, 0.05) is 36.9 Å². The number of aromatic nitrogens is 1. The first-order chi connectivity index (χ1) is 21.5. The van der Waals surface area contributed by atoms with Crippen LogP contribution in [-0.2, 0) is 41.6 Å². The van der Waals surface area contributed by atoms with E-state index < -0.39 is 66.1 Å². The molecule has 13 nitrogen and oxygen atoms in total. The van der Waals surface area contributed by atoms with Gasteiger partial charge >= 0.3 is 5.97 Å². The summed E-state index contributed by atoms with van der Waals surface area (Å²) in [6, 6.07) is 11.4. The van der Waals surface area contributed by atoms with Gasteiger partial charge in [-0.2, -0.15) is 11.8 Å². The zero-order valence-electron chi connectivity index (χ0n) is 25.0. The topological polar surface area (TPSA) is 213 Å². The Morgan fingerprint density at radius 3 is 2.04 bits per heavy atom. The molecule has 0 radical (unpaired) electrons. The second kappa shape index (κ2) is 16.9. The average Bonchev–Trinajstić information content (AvgIpc) is 3.40.